The molecule has 0 spiro atoms. The summed E-state index contributed by atoms with van der Waals surface area (Å²) >= 11 is 11.8. The van der Waals surface area contributed by atoms with Crippen molar-refractivity contribution < 1.29 is 4.74 Å². The Labute approximate surface area is 127 Å². The van der Waals surface area contributed by atoms with E-state index in [1.165, 1.54) is 0 Å². The molecule has 0 fully saturated rings. The summed E-state index contributed by atoms with van der Waals surface area (Å²) in [6.07, 6.45) is 1.90. The van der Waals surface area contributed by atoms with Crippen molar-refractivity contribution in [2.45, 2.75) is 20.0 Å². The van der Waals surface area contributed by atoms with Gasteiger partial charge in [0.05, 0.1) is 22.3 Å². The first-order valence-corrected chi connectivity index (χ1v) is 7.12. The minimum absolute atomic E-state index is 0.484. The number of nitrogens with zero attached hydrogens (tertiary/aromatic N) is 3. The molecule has 1 aromatic carbocycles. The van der Waals surface area contributed by atoms with Gasteiger partial charge in [0.1, 0.15) is 12.4 Å². The highest BCUT2D eigenvalue weighted by Gasteiger charge is 2.02. The van der Waals surface area contributed by atoms with Crippen LogP contribution in [0.5, 0.6) is 5.75 Å². The Bertz CT molecular complexity index is 559. The lowest BCUT2D eigenvalue weighted by Gasteiger charge is -2.06. The molecule has 0 aliphatic rings. The Balaban J connectivity index is 1.80. The molecule has 20 heavy (non-hydrogen) atoms. The maximum absolute atomic E-state index is 5.92. The first kappa shape index (κ1) is 15.1. The van der Waals surface area contributed by atoms with E-state index in [2.05, 4.69) is 22.6 Å². The predicted octanol–water partition coefficient (Wildman–Crippen LogP) is 2.77. The quantitative estimate of drug-likeness (QED) is 0.853. The number of hydrogen-bond donors (Lipinski definition) is 1. The van der Waals surface area contributed by atoms with Gasteiger partial charge in [0, 0.05) is 18.8 Å². The summed E-state index contributed by atoms with van der Waals surface area (Å²) in [4.78, 5) is 0. The zero-order valence-corrected chi connectivity index (χ0v) is 12.7. The van der Waals surface area contributed by atoms with Crippen LogP contribution in [0.25, 0.3) is 0 Å². The van der Waals surface area contributed by atoms with Crippen LogP contribution in [0, 0.1) is 0 Å². The average Bonchev–Trinajstić information content (AvgIpc) is 2.88. The average molecular weight is 315 g/mol. The molecule has 0 aliphatic carbocycles. The maximum atomic E-state index is 5.92. The topological polar surface area (TPSA) is 52.0 Å². The number of aromatic nitrogens is 3. The van der Waals surface area contributed by atoms with Crippen LogP contribution >= 0.6 is 23.2 Å². The summed E-state index contributed by atoms with van der Waals surface area (Å²) in [5.74, 6) is 0.687. The third kappa shape index (κ3) is 4.37. The van der Waals surface area contributed by atoms with E-state index in [1.807, 2.05) is 6.20 Å². The standard InChI is InChI=1S/C13H16Cl2N4O/c1-2-16-8-10-9-19(18-17-10)5-6-20-11-3-4-12(14)13(15)7-11/h3-4,7,9,16H,2,5-6,8H2,1H3. The van der Waals surface area contributed by atoms with Crippen molar-refractivity contribution in [3.63, 3.8) is 0 Å². The highest BCUT2D eigenvalue weighted by Crippen LogP contribution is 2.26. The lowest BCUT2D eigenvalue weighted by molar-refractivity contribution is 0.289. The first-order chi connectivity index (χ1) is 9.69. The van der Waals surface area contributed by atoms with Crippen molar-refractivity contribution in [3.05, 3.63) is 40.1 Å². The second-order valence-corrected chi connectivity index (χ2v) is 4.99. The summed E-state index contributed by atoms with van der Waals surface area (Å²) in [7, 11) is 0. The Morgan fingerprint density at radius 1 is 1.30 bits per heavy atom. The van der Waals surface area contributed by atoms with E-state index in [1.54, 1.807) is 22.9 Å². The van der Waals surface area contributed by atoms with Gasteiger partial charge >= 0.3 is 0 Å². The minimum Gasteiger partial charge on any atom is -0.492 e. The van der Waals surface area contributed by atoms with E-state index in [-0.39, 0.29) is 0 Å². The lowest BCUT2D eigenvalue weighted by atomic mass is 10.3. The molecule has 2 aromatic rings. The van der Waals surface area contributed by atoms with E-state index in [0.717, 1.165) is 18.8 Å². The van der Waals surface area contributed by atoms with Crippen LogP contribution in [0.15, 0.2) is 24.4 Å². The van der Waals surface area contributed by atoms with Gasteiger partial charge in [0.25, 0.3) is 0 Å². The maximum Gasteiger partial charge on any atom is 0.120 e. The van der Waals surface area contributed by atoms with Crippen molar-refractivity contribution >= 4 is 23.2 Å². The third-order valence-electron chi connectivity index (χ3n) is 2.62. The van der Waals surface area contributed by atoms with Gasteiger partial charge in [-0.15, -0.1) is 5.10 Å². The molecule has 0 saturated heterocycles. The van der Waals surface area contributed by atoms with Gasteiger partial charge < -0.3 is 10.1 Å². The van der Waals surface area contributed by atoms with Gasteiger partial charge in [0.2, 0.25) is 0 Å². The number of ether oxygens (including phenoxy) is 1. The molecule has 0 saturated carbocycles. The normalized spacial score (nSPS) is 10.8. The fraction of sp³-hybridized carbons (Fsp3) is 0.385. The zero-order valence-electron chi connectivity index (χ0n) is 11.1. The largest absolute Gasteiger partial charge is 0.492 e. The van der Waals surface area contributed by atoms with Gasteiger partial charge in [-0.1, -0.05) is 35.3 Å². The predicted molar refractivity (Wildman–Crippen MR) is 79.4 cm³/mol. The highest BCUT2D eigenvalue weighted by molar-refractivity contribution is 6.42. The Morgan fingerprint density at radius 3 is 2.90 bits per heavy atom. The highest BCUT2D eigenvalue weighted by atomic mass is 35.5. The summed E-state index contributed by atoms with van der Waals surface area (Å²) < 4.78 is 7.34. The van der Waals surface area contributed by atoms with E-state index in [4.69, 9.17) is 27.9 Å². The van der Waals surface area contributed by atoms with Crippen LogP contribution in [0.2, 0.25) is 10.0 Å². The van der Waals surface area contributed by atoms with Gasteiger partial charge in [-0.3, -0.25) is 0 Å². The van der Waals surface area contributed by atoms with Crippen molar-refractivity contribution in [1.82, 2.24) is 20.3 Å². The summed E-state index contributed by atoms with van der Waals surface area (Å²) in [5, 5.41) is 12.3. The Morgan fingerprint density at radius 2 is 2.15 bits per heavy atom. The molecule has 0 aliphatic heterocycles. The number of nitrogens with one attached hydrogen (secondary N) is 1. The van der Waals surface area contributed by atoms with Crippen LogP contribution in [-0.2, 0) is 13.1 Å². The first-order valence-electron chi connectivity index (χ1n) is 6.36. The molecule has 1 N–H and O–H groups in total. The fourth-order valence-corrected chi connectivity index (χ4v) is 1.89. The Kier molecular flexibility index (Phi) is 5.64. The molecule has 2 rings (SSSR count). The molecule has 0 unspecified atom stereocenters. The van der Waals surface area contributed by atoms with E-state index in [0.29, 0.717) is 28.9 Å². The molecular formula is C13H16Cl2N4O. The number of rotatable bonds is 7. The van der Waals surface area contributed by atoms with E-state index < -0.39 is 0 Å². The molecular weight excluding hydrogens is 299 g/mol. The summed E-state index contributed by atoms with van der Waals surface area (Å²) in [6.45, 7) is 4.80. The van der Waals surface area contributed by atoms with Gasteiger partial charge in [-0.05, 0) is 18.7 Å². The molecule has 1 aromatic heterocycles. The molecule has 0 bridgehead atoms. The number of benzene rings is 1. The second-order valence-electron chi connectivity index (χ2n) is 4.18. The van der Waals surface area contributed by atoms with Crippen molar-refractivity contribution in [3.8, 4) is 5.75 Å². The third-order valence-corrected chi connectivity index (χ3v) is 3.36. The lowest BCUT2D eigenvalue weighted by Crippen LogP contribution is -2.12. The van der Waals surface area contributed by atoms with Crippen molar-refractivity contribution in [2.24, 2.45) is 0 Å². The minimum atomic E-state index is 0.484. The van der Waals surface area contributed by atoms with E-state index in [9.17, 15) is 0 Å². The summed E-state index contributed by atoms with van der Waals surface area (Å²) in [5.41, 5.74) is 0.918. The van der Waals surface area contributed by atoms with Gasteiger partial charge in [-0.2, -0.15) is 0 Å². The second kappa shape index (κ2) is 7.47. The smallest absolute Gasteiger partial charge is 0.120 e. The molecule has 1 heterocycles. The molecule has 108 valence electrons. The fourth-order valence-electron chi connectivity index (χ4n) is 1.61. The zero-order chi connectivity index (χ0) is 14.4. The van der Waals surface area contributed by atoms with Crippen LogP contribution in [0.4, 0.5) is 0 Å². The number of hydrogen-bond acceptors (Lipinski definition) is 4. The van der Waals surface area contributed by atoms with Gasteiger partial charge in [-0.25, -0.2) is 4.68 Å². The molecule has 7 heteroatoms. The molecule has 0 radical (unpaired) electrons. The van der Waals surface area contributed by atoms with Gasteiger partial charge in [0.15, 0.2) is 0 Å². The van der Waals surface area contributed by atoms with Crippen LogP contribution in [0.1, 0.15) is 12.6 Å². The van der Waals surface area contributed by atoms with Crippen molar-refractivity contribution in [2.75, 3.05) is 13.2 Å². The van der Waals surface area contributed by atoms with Crippen molar-refractivity contribution in [1.29, 1.82) is 0 Å². The molecule has 0 amide bonds. The van der Waals surface area contributed by atoms with Crippen LogP contribution < -0.4 is 10.1 Å². The van der Waals surface area contributed by atoms with Crippen LogP contribution in [-0.4, -0.2) is 28.1 Å². The SMILES string of the molecule is CCNCc1cn(CCOc2ccc(Cl)c(Cl)c2)nn1. The monoisotopic (exact) mass is 314 g/mol. The molecule has 0 atom stereocenters. The molecule has 5 nitrogen and oxygen atoms in total. The number of halogens is 2. The van der Waals surface area contributed by atoms with E-state index >= 15 is 0 Å². The summed E-state index contributed by atoms with van der Waals surface area (Å²) in [6, 6.07) is 5.19. The van der Waals surface area contributed by atoms with Crippen LogP contribution in [0.3, 0.4) is 0 Å². The Hall–Kier alpha value is -1.30.